The van der Waals surface area contributed by atoms with Crippen molar-refractivity contribution in [3.05, 3.63) is 204 Å². The van der Waals surface area contributed by atoms with E-state index in [1.54, 1.807) is 0 Å². The highest BCUT2D eigenvalue weighted by Gasteiger charge is 2.22. The molecule has 0 saturated carbocycles. The molecule has 2 heterocycles. The average molecular weight is 645 g/mol. The van der Waals surface area contributed by atoms with Crippen LogP contribution in [0.1, 0.15) is 33.9 Å². The summed E-state index contributed by atoms with van der Waals surface area (Å²) in [6, 6.07) is 59.1. The van der Waals surface area contributed by atoms with Crippen LogP contribution in [0.15, 0.2) is 176 Å². The number of rotatable bonds is 8. The molecule has 0 aliphatic rings. The van der Waals surface area contributed by atoms with Crippen molar-refractivity contribution in [1.82, 2.24) is 9.97 Å². The monoisotopic (exact) mass is 644 g/mol. The Bertz CT molecular complexity index is 2420. The van der Waals surface area contributed by atoms with E-state index < -0.39 is 0 Å². The standard InChI is InChI=1S/C47H36N2O/c1-32-14-12-15-33(2)46(32)38-28-37(44-26-25-35-18-6-9-23-43(35)49-44)30-40(31-38)50-39-20-13-19-36(29-39)47(45-24-10-11-27-48-45)42-22-8-7-21-41(42)34-16-4-3-5-17-34/h3-31,47H,1-2H3. The van der Waals surface area contributed by atoms with Crippen LogP contribution in [0.4, 0.5) is 0 Å². The van der Waals surface area contributed by atoms with Crippen molar-refractivity contribution in [2.45, 2.75) is 19.8 Å². The predicted molar refractivity (Wildman–Crippen MR) is 206 cm³/mol. The van der Waals surface area contributed by atoms with Gasteiger partial charge in [0.1, 0.15) is 11.5 Å². The van der Waals surface area contributed by atoms with Crippen LogP contribution in [0.3, 0.4) is 0 Å². The summed E-state index contributed by atoms with van der Waals surface area (Å²) < 4.78 is 6.80. The Labute approximate surface area is 293 Å². The maximum Gasteiger partial charge on any atom is 0.128 e. The SMILES string of the molecule is Cc1cccc(C)c1-c1cc(Oc2cccc(C(c3ccccn3)c3ccccc3-c3ccccc3)c2)cc(-c2ccc3ccccc3n2)c1. The van der Waals surface area contributed by atoms with Gasteiger partial charge in [-0.05, 0) is 113 Å². The van der Waals surface area contributed by atoms with Crippen LogP contribution in [-0.2, 0) is 0 Å². The van der Waals surface area contributed by atoms with Gasteiger partial charge in [-0.15, -0.1) is 0 Å². The van der Waals surface area contributed by atoms with Gasteiger partial charge < -0.3 is 4.74 Å². The van der Waals surface area contributed by atoms with E-state index in [1.807, 2.05) is 30.5 Å². The van der Waals surface area contributed by atoms with Gasteiger partial charge in [-0.25, -0.2) is 4.98 Å². The maximum atomic E-state index is 6.80. The van der Waals surface area contributed by atoms with Gasteiger partial charge >= 0.3 is 0 Å². The molecular formula is C47H36N2O. The summed E-state index contributed by atoms with van der Waals surface area (Å²) in [5.74, 6) is 1.41. The molecule has 8 rings (SSSR count). The molecule has 8 aromatic rings. The van der Waals surface area contributed by atoms with Crippen molar-refractivity contribution in [1.29, 1.82) is 0 Å². The van der Waals surface area contributed by atoms with Crippen molar-refractivity contribution in [2.24, 2.45) is 0 Å². The molecule has 0 aliphatic heterocycles. The van der Waals surface area contributed by atoms with Gasteiger partial charge in [0.25, 0.3) is 0 Å². The van der Waals surface area contributed by atoms with Crippen LogP contribution in [0, 0.1) is 13.8 Å². The first-order valence-electron chi connectivity index (χ1n) is 17.0. The molecule has 0 bridgehead atoms. The third-order valence-corrected chi connectivity index (χ3v) is 9.34. The van der Waals surface area contributed by atoms with Crippen molar-refractivity contribution < 1.29 is 4.74 Å². The van der Waals surface area contributed by atoms with E-state index in [0.717, 1.165) is 50.5 Å². The summed E-state index contributed by atoms with van der Waals surface area (Å²) >= 11 is 0. The van der Waals surface area contributed by atoms with E-state index in [4.69, 9.17) is 14.7 Å². The molecule has 3 nitrogen and oxygen atoms in total. The Morgan fingerprint density at radius 2 is 1.26 bits per heavy atom. The van der Waals surface area contributed by atoms with E-state index in [-0.39, 0.29) is 5.92 Å². The Kier molecular flexibility index (Phi) is 8.46. The highest BCUT2D eigenvalue weighted by Crippen LogP contribution is 2.40. The molecular weight excluding hydrogens is 609 g/mol. The lowest BCUT2D eigenvalue weighted by atomic mass is 9.83. The van der Waals surface area contributed by atoms with Crippen molar-refractivity contribution in [3.63, 3.8) is 0 Å². The van der Waals surface area contributed by atoms with E-state index in [0.29, 0.717) is 0 Å². The molecule has 0 fully saturated rings. The predicted octanol–water partition coefficient (Wildman–Crippen LogP) is 12.2. The number of fused-ring (bicyclic) bond motifs is 1. The maximum absolute atomic E-state index is 6.80. The highest BCUT2D eigenvalue weighted by molar-refractivity contribution is 5.83. The number of pyridine rings is 2. The Hall–Kier alpha value is -6.32. The number of hydrogen-bond acceptors (Lipinski definition) is 3. The second-order valence-electron chi connectivity index (χ2n) is 12.7. The van der Waals surface area contributed by atoms with Crippen LogP contribution in [-0.4, -0.2) is 9.97 Å². The van der Waals surface area contributed by atoms with Gasteiger partial charge in [0.05, 0.1) is 22.8 Å². The van der Waals surface area contributed by atoms with E-state index in [9.17, 15) is 0 Å². The molecule has 0 amide bonds. The summed E-state index contributed by atoms with van der Waals surface area (Å²) in [6.45, 7) is 4.33. The third-order valence-electron chi connectivity index (χ3n) is 9.34. The third kappa shape index (κ3) is 6.29. The number of aryl methyl sites for hydroxylation is 2. The van der Waals surface area contributed by atoms with E-state index in [2.05, 4.69) is 159 Å². The van der Waals surface area contributed by atoms with Crippen molar-refractivity contribution in [3.8, 4) is 45.0 Å². The number of aromatic nitrogens is 2. The first kappa shape index (κ1) is 31.0. The normalized spacial score (nSPS) is 11.7. The smallest absolute Gasteiger partial charge is 0.128 e. The van der Waals surface area contributed by atoms with Gasteiger partial charge in [0.2, 0.25) is 0 Å². The molecule has 0 spiro atoms. The first-order chi connectivity index (χ1) is 24.6. The summed E-state index contributed by atoms with van der Waals surface area (Å²) in [5, 5.41) is 1.12. The minimum atomic E-state index is -0.102. The minimum absolute atomic E-state index is 0.102. The lowest BCUT2D eigenvalue weighted by molar-refractivity contribution is 0.482. The number of para-hydroxylation sites is 1. The van der Waals surface area contributed by atoms with Crippen molar-refractivity contribution in [2.75, 3.05) is 0 Å². The summed E-state index contributed by atoms with van der Waals surface area (Å²) in [7, 11) is 0. The molecule has 2 aromatic heterocycles. The van der Waals surface area contributed by atoms with Crippen LogP contribution in [0.25, 0.3) is 44.4 Å². The van der Waals surface area contributed by atoms with Crippen LogP contribution in [0.2, 0.25) is 0 Å². The molecule has 1 unspecified atom stereocenters. The molecule has 0 saturated heterocycles. The Morgan fingerprint density at radius 1 is 0.520 bits per heavy atom. The first-order valence-corrected chi connectivity index (χ1v) is 17.0. The van der Waals surface area contributed by atoms with Gasteiger partial charge in [-0.2, -0.15) is 0 Å². The van der Waals surface area contributed by atoms with Gasteiger partial charge in [0.15, 0.2) is 0 Å². The summed E-state index contributed by atoms with van der Waals surface area (Å²) in [4.78, 5) is 9.91. The second kappa shape index (κ2) is 13.7. The molecule has 50 heavy (non-hydrogen) atoms. The van der Waals surface area contributed by atoms with Crippen LogP contribution < -0.4 is 4.74 Å². The molecule has 1 atom stereocenters. The van der Waals surface area contributed by atoms with Gasteiger partial charge in [0, 0.05) is 17.1 Å². The minimum Gasteiger partial charge on any atom is -0.457 e. The van der Waals surface area contributed by atoms with Crippen molar-refractivity contribution >= 4 is 10.9 Å². The topological polar surface area (TPSA) is 35.0 Å². The van der Waals surface area contributed by atoms with Crippen LogP contribution in [0.5, 0.6) is 11.5 Å². The number of hydrogen-bond donors (Lipinski definition) is 0. The average Bonchev–Trinajstić information content (AvgIpc) is 3.16. The largest absolute Gasteiger partial charge is 0.457 e. The number of nitrogens with zero attached hydrogens (tertiary/aromatic N) is 2. The molecule has 0 N–H and O–H groups in total. The fraction of sp³-hybridized carbons (Fsp3) is 0.0638. The Balaban J connectivity index is 1.24. The Morgan fingerprint density at radius 3 is 2.10 bits per heavy atom. The quantitative estimate of drug-likeness (QED) is 0.165. The fourth-order valence-electron chi connectivity index (χ4n) is 7.03. The highest BCUT2D eigenvalue weighted by atomic mass is 16.5. The van der Waals surface area contributed by atoms with E-state index in [1.165, 1.54) is 33.4 Å². The molecule has 3 heteroatoms. The zero-order valence-corrected chi connectivity index (χ0v) is 28.1. The van der Waals surface area contributed by atoms with E-state index >= 15 is 0 Å². The van der Waals surface area contributed by atoms with Gasteiger partial charge in [-0.3, -0.25) is 4.98 Å². The molecule has 240 valence electrons. The lowest BCUT2D eigenvalue weighted by Gasteiger charge is -2.22. The lowest BCUT2D eigenvalue weighted by Crippen LogP contribution is -2.07. The molecule has 0 radical (unpaired) electrons. The zero-order valence-electron chi connectivity index (χ0n) is 28.1. The summed E-state index contributed by atoms with van der Waals surface area (Å²) in [5.41, 5.74) is 13.3. The fourth-order valence-corrected chi connectivity index (χ4v) is 7.03. The molecule has 0 aliphatic carbocycles. The summed E-state index contributed by atoms with van der Waals surface area (Å²) in [6.07, 6.45) is 1.87. The number of benzene rings is 6. The zero-order chi connectivity index (χ0) is 33.9. The van der Waals surface area contributed by atoms with Crippen LogP contribution >= 0.6 is 0 Å². The second-order valence-corrected chi connectivity index (χ2v) is 12.7. The van der Waals surface area contributed by atoms with Gasteiger partial charge in [-0.1, -0.05) is 115 Å². The molecule has 6 aromatic carbocycles. The number of ether oxygens (including phenoxy) is 1.